The summed E-state index contributed by atoms with van der Waals surface area (Å²) in [5.41, 5.74) is 0. The van der Waals surface area contributed by atoms with Crippen LogP contribution in [0.15, 0.2) is 0 Å². The lowest BCUT2D eigenvalue weighted by molar-refractivity contribution is -0.136. The van der Waals surface area contributed by atoms with E-state index in [-0.39, 0.29) is 19.8 Å². The number of benzene rings is 1. The summed E-state index contributed by atoms with van der Waals surface area (Å²) >= 11 is 2.17. The Bertz CT molecular complexity index is 573. The molecule has 11 heteroatoms. The topological polar surface area (TPSA) is 54.0 Å². The number of carbonyl (C=O) groups is 1. The monoisotopic (exact) mass is 498 g/mol. The molecule has 0 aliphatic carbocycles. The molecule has 0 spiro atoms. The minimum atomic E-state index is -2.33. The molecule has 0 N–H and O–H groups in total. The van der Waals surface area contributed by atoms with E-state index in [0.717, 1.165) is 4.43 Å². The van der Waals surface area contributed by atoms with E-state index in [1.54, 1.807) is 0 Å². The summed E-state index contributed by atoms with van der Waals surface area (Å²) in [5.74, 6) is -14.0. The molecule has 0 aliphatic rings. The van der Waals surface area contributed by atoms with Crippen LogP contribution in [-0.4, -0.2) is 50.0 Å². The Morgan fingerprint density at radius 1 is 0.692 bits per heavy atom. The molecule has 0 aliphatic heterocycles. The van der Waals surface area contributed by atoms with Crippen molar-refractivity contribution in [3.05, 3.63) is 29.1 Å². The maximum absolute atomic E-state index is 13.3. The fourth-order valence-electron chi connectivity index (χ4n) is 1.59. The summed E-state index contributed by atoms with van der Waals surface area (Å²) in [4.78, 5) is 11.4. The Labute approximate surface area is 159 Å². The Kier molecular flexibility index (Phi) is 10.9. The van der Waals surface area contributed by atoms with Crippen LogP contribution in [0.2, 0.25) is 0 Å². The van der Waals surface area contributed by atoms with Crippen LogP contribution >= 0.6 is 22.6 Å². The molecule has 1 aromatic carbocycles. The average molecular weight is 498 g/mol. The zero-order valence-corrected chi connectivity index (χ0v) is 15.6. The Hall–Kier alpha value is -1.05. The molecule has 0 amide bonds. The van der Waals surface area contributed by atoms with Gasteiger partial charge in [0, 0.05) is 4.43 Å². The van der Waals surface area contributed by atoms with Gasteiger partial charge in [0.05, 0.1) is 46.1 Å². The number of carbonyl (C=O) groups excluding carboxylic acids is 1. The van der Waals surface area contributed by atoms with Gasteiger partial charge in [-0.1, -0.05) is 22.6 Å². The molecule has 0 aromatic heterocycles. The lowest BCUT2D eigenvalue weighted by Crippen LogP contribution is -2.16. The molecule has 0 fully saturated rings. The van der Waals surface area contributed by atoms with Crippen molar-refractivity contribution in [2.45, 2.75) is 6.42 Å². The lowest BCUT2D eigenvalue weighted by atomic mass is 10.2. The van der Waals surface area contributed by atoms with Crippen LogP contribution in [0.4, 0.5) is 22.0 Å². The molecular formula is C15H16F5IO5. The SMILES string of the molecule is O=C(CCOCCOCCOCCI)Oc1c(F)c(F)c(F)c(F)c1F. The Balaban J connectivity index is 2.28. The number of ether oxygens (including phenoxy) is 4. The molecule has 1 rings (SSSR count). The highest BCUT2D eigenvalue weighted by Gasteiger charge is 2.28. The van der Waals surface area contributed by atoms with Gasteiger partial charge in [0.25, 0.3) is 0 Å². The predicted octanol–water partition coefficient (Wildman–Crippen LogP) is 3.16. The quantitative estimate of drug-likeness (QED) is 0.0648. The van der Waals surface area contributed by atoms with Gasteiger partial charge in [-0.25, -0.2) is 13.2 Å². The maximum Gasteiger partial charge on any atom is 0.313 e. The van der Waals surface area contributed by atoms with E-state index in [4.69, 9.17) is 14.2 Å². The lowest BCUT2D eigenvalue weighted by Gasteiger charge is -2.09. The Morgan fingerprint density at radius 3 is 1.62 bits per heavy atom. The number of rotatable bonds is 12. The third kappa shape index (κ3) is 7.29. The molecule has 0 saturated heterocycles. The Morgan fingerprint density at radius 2 is 1.12 bits per heavy atom. The number of alkyl halides is 1. The van der Waals surface area contributed by atoms with Crippen molar-refractivity contribution in [1.82, 2.24) is 0 Å². The third-order valence-corrected chi connectivity index (χ3v) is 3.24. The van der Waals surface area contributed by atoms with E-state index >= 15 is 0 Å². The summed E-state index contributed by atoms with van der Waals surface area (Å²) in [7, 11) is 0. The minimum Gasteiger partial charge on any atom is -0.420 e. The molecule has 26 heavy (non-hydrogen) atoms. The van der Waals surface area contributed by atoms with Gasteiger partial charge >= 0.3 is 5.97 Å². The zero-order chi connectivity index (χ0) is 19.5. The van der Waals surface area contributed by atoms with Crippen molar-refractivity contribution in [1.29, 1.82) is 0 Å². The highest BCUT2D eigenvalue weighted by atomic mass is 127. The third-order valence-electron chi connectivity index (χ3n) is 2.80. The van der Waals surface area contributed by atoms with E-state index < -0.39 is 47.2 Å². The first-order chi connectivity index (χ1) is 12.4. The van der Waals surface area contributed by atoms with E-state index in [9.17, 15) is 26.7 Å². The zero-order valence-electron chi connectivity index (χ0n) is 13.5. The summed E-state index contributed by atoms with van der Waals surface area (Å²) in [6.45, 7) is 1.65. The largest absolute Gasteiger partial charge is 0.420 e. The smallest absolute Gasteiger partial charge is 0.313 e. The van der Waals surface area contributed by atoms with Gasteiger partial charge in [-0.2, -0.15) is 8.78 Å². The van der Waals surface area contributed by atoms with E-state index in [0.29, 0.717) is 19.8 Å². The fourth-order valence-corrected chi connectivity index (χ4v) is 1.90. The van der Waals surface area contributed by atoms with E-state index in [2.05, 4.69) is 27.3 Å². The first-order valence-corrected chi connectivity index (χ1v) is 8.94. The van der Waals surface area contributed by atoms with E-state index in [1.807, 2.05) is 0 Å². The summed E-state index contributed by atoms with van der Waals surface area (Å²) in [6.07, 6.45) is -0.446. The molecule has 5 nitrogen and oxygen atoms in total. The fraction of sp³-hybridized carbons (Fsp3) is 0.533. The van der Waals surface area contributed by atoms with Crippen LogP contribution in [0.3, 0.4) is 0 Å². The molecule has 0 heterocycles. The van der Waals surface area contributed by atoms with Crippen molar-refractivity contribution in [3.63, 3.8) is 0 Å². The van der Waals surface area contributed by atoms with Crippen molar-refractivity contribution < 1.29 is 45.7 Å². The minimum absolute atomic E-state index is 0.141. The van der Waals surface area contributed by atoms with Gasteiger partial charge in [-0.05, 0) is 0 Å². The van der Waals surface area contributed by atoms with Crippen molar-refractivity contribution in [3.8, 4) is 5.75 Å². The molecule has 148 valence electrons. The predicted molar refractivity (Wildman–Crippen MR) is 87.8 cm³/mol. The second kappa shape index (κ2) is 12.4. The highest BCUT2D eigenvalue weighted by Crippen LogP contribution is 2.29. The molecule has 0 saturated carbocycles. The van der Waals surface area contributed by atoms with Crippen molar-refractivity contribution in [2.75, 3.05) is 44.1 Å². The molecule has 0 bridgehead atoms. The standard InChI is InChI=1S/C15H16F5IO5/c16-10-11(17)13(19)15(14(20)12(10)18)26-9(22)1-3-23-5-7-25-8-6-24-4-2-21/h1-8H2. The van der Waals surface area contributed by atoms with Gasteiger partial charge < -0.3 is 18.9 Å². The number of hydrogen-bond acceptors (Lipinski definition) is 5. The van der Waals surface area contributed by atoms with Crippen LogP contribution < -0.4 is 4.74 Å². The van der Waals surface area contributed by atoms with Crippen LogP contribution in [0.1, 0.15) is 6.42 Å². The van der Waals surface area contributed by atoms with Crippen molar-refractivity contribution in [2.24, 2.45) is 0 Å². The normalized spacial score (nSPS) is 11.0. The summed E-state index contributed by atoms with van der Waals surface area (Å²) in [6, 6.07) is 0. The maximum atomic E-state index is 13.3. The van der Waals surface area contributed by atoms with Gasteiger partial charge in [0.15, 0.2) is 0 Å². The molecule has 0 atom stereocenters. The van der Waals surface area contributed by atoms with Gasteiger partial charge in [-0.15, -0.1) is 0 Å². The first-order valence-electron chi connectivity index (χ1n) is 7.41. The van der Waals surface area contributed by atoms with Gasteiger partial charge in [0.2, 0.25) is 34.8 Å². The summed E-state index contributed by atoms with van der Waals surface area (Å²) < 4.78 is 86.0. The van der Waals surface area contributed by atoms with E-state index in [1.165, 1.54) is 0 Å². The van der Waals surface area contributed by atoms with Crippen molar-refractivity contribution >= 4 is 28.6 Å². The van der Waals surface area contributed by atoms with Gasteiger partial charge in [-0.3, -0.25) is 4.79 Å². The second-order valence-corrected chi connectivity index (χ2v) is 5.73. The van der Waals surface area contributed by atoms with Crippen LogP contribution in [0, 0.1) is 29.1 Å². The molecule has 1 aromatic rings. The number of hydrogen-bond donors (Lipinski definition) is 0. The van der Waals surface area contributed by atoms with Crippen LogP contribution in [0.25, 0.3) is 0 Å². The van der Waals surface area contributed by atoms with Crippen LogP contribution in [-0.2, 0) is 19.0 Å². The number of halogens is 6. The average Bonchev–Trinajstić information content (AvgIpc) is 2.63. The molecule has 0 radical (unpaired) electrons. The molecule has 0 unspecified atom stereocenters. The van der Waals surface area contributed by atoms with Crippen LogP contribution in [0.5, 0.6) is 5.75 Å². The highest BCUT2D eigenvalue weighted by molar-refractivity contribution is 14.1. The van der Waals surface area contributed by atoms with Gasteiger partial charge in [0.1, 0.15) is 0 Å². The molecular weight excluding hydrogens is 482 g/mol. The first kappa shape index (κ1) is 23.0. The second-order valence-electron chi connectivity index (χ2n) is 4.65. The summed E-state index contributed by atoms with van der Waals surface area (Å²) in [5, 5.41) is 0. The number of esters is 1.